The number of rotatable bonds is 4. The number of nitrogens with zero attached hydrogens (tertiary/aromatic N) is 3. The van der Waals surface area contributed by atoms with Gasteiger partial charge in [-0.2, -0.15) is 5.21 Å². The number of tetrazole rings is 1. The molecule has 2 aromatic carbocycles. The Morgan fingerprint density at radius 3 is 2.60 bits per heavy atom. The number of halogens is 1. The molecule has 0 aliphatic rings. The van der Waals surface area contributed by atoms with Crippen molar-refractivity contribution in [3.63, 3.8) is 0 Å². The molecule has 0 fully saturated rings. The summed E-state index contributed by atoms with van der Waals surface area (Å²) >= 11 is 3.52. The molecule has 0 amide bonds. The average Bonchev–Trinajstić information content (AvgIpc) is 3.00. The summed E-state index contributed by atoms with van der Waals surface area (Å²) in [7, 11) is 0. The topological polar surface area (TPSA) is 63.7 Å². The van der Waals surface area contributed by atoms with Gasteiger partial charge in [0.05, 0.1) is 4.47 Å². The third-order valence-electron chi connectivity index (χ3n) is 2.78. The molecule has 3 rings (SSSR count). The van der Waals surface area contributed by atoms with Crippen LogP contribution in [0.1, 0.15) is 5.82 Å². The van der Waals surface area contributed by atoms with Crippen molar-refractivity contribution in [3.05, 3.63) is 58.8 Å². The van der Waals surface area contributed by atoms with E-state index < -0.39 is 0 Å². The number of aromatic amines is 1. The Bertz CT molecular complexity index is 686. The smallest absolute Gasteiger partial charge is 0.211 e. The number of nitrogens with one attached hydrogen (secondary N) is 1. The van der Waals surface area contributed by atoms with Gasteiger partial charge in [0, 0.05) is 0 Å². The fraction of sp³-hybridized carbons (Fsp3) is 0.0714. The molecule has 5 nitrogen and oxygen atoms in total. The Hall–Kier alpha value is -2.21. The molecule has 1 N–H and O–H groups in total. The number of aromatic nitrogens is 4. The van der Waals surface area contributed by atoms with Gasteiger partial charge in [-0.05, 0) is 39.2 Å². The summed E-state index contributed by atoms with van der Waals surface area (Å²) in [6, 6.07) is 16.1. The third-order valence-corrected chi connectivity index (χ3v) is 3.40. The molecular formula is C14H11BrN4O. The van der Waals surface area contributed by atoms with Crippen molar-refractivity contribution in [1.82, 2.24) is 20.6 Å². The summed E-state index contributed by atoms with van der Waals surface area (Å²) in [6.45, 7) is 0.278. The van der Waals surface area contributed by atoms with Crippen LogP contribution in [0, 0.1) is 0 Å². The SMILES string of the molecule is Brc1cc(-c2ccccc2)ccc1OCc1nn[nH]n1. The first kappa shape index (κ1) is 12.8. The number of H-pyrrole nitrogens is 1. The van der Waals surface area contributed by atoms with Crippen molar-refractivity contribution >= 4 is 15.9 Å². The van der Waals surface area contributed by atoms with E-state index >= 15 is 0 Å². The summed E-state index contributed by atoms with van der Waals surface area (Å²) in [6.07, 6.45) is 0. The minimum Gasteiger partial charge on any atom is -0.484 e. The minimum absolute atomic E-state index is 0.278. The maximum atomic E-state index is 5.64. The number of ether oxygens (including phenoxy) is 1. The monoisotopic (exact) mass is 330 g/mol. The molecule has 0 aliphatic carbocycles. The van der Waals surface area contributed by atoms with Gasteiger partial charge in [0.25, 0.3) is 0 Å². The fourth-order valence-corrected chi connectivity index (χ4v) is 2.31. The van der Waals surface area contributed by atoms with Crippen LogP contribution >= 0.6 is 15.9 Å². The first-order valence-electron chi connectivity index (χ1n) is 6.03. The van der Waals surface area contributed by atoms with Crippen LogP contribution in [0.3, 0.4) is 0 Å². The molecule has 0 bridgehead atoms. The van der Waals surface area contributed by atoms with Crippen LogP contribution in [-0.4, -0.2) is 20.6 Å². The average molecular weight is 331 g/mol. The van der Waals surface area contributed by atoms with Gasteiger partial charge in [-0.3, -0.25) is 0 Å². The second kappa shape index (κ2) is 5.83. The van der Waals surface area contributed by atoms with E-state index in [4.69, 9.17) is 4.74 Å². The van der Waals surface area contributed by atoms with Gasteiger partial charge in [0.1, 0.15) is 5.75 Å². The zero-order valence-corrected chi connectivity index (χ0v) is 12.0. The van der Waals surface area contributed by atoms with Gasteiger partial charge in [0.15, 0.2) is 6.61 Å². The van der Waals surface area contributed by atoms with Crippen LogP contribution in [0.5, 0.6) is 5.75 Å². The highest BCUT2D eigenvalue weighted by Crippen LogP contribution is 2.30. The Labute approximate surface area is 124 Å². The second-order valence-electron chi connectivity index (χ2n) is 4.13. The van der Waals surface area contributed by atoms with Crippen LogP contribution in [0.15, 0.2) is 53.0 Å². The summed E-state index contributed by atoms with van der Waals surface area (Å²) in [5.74, 6) is 1.26. The molecule has 100 valence electrons. The predicted molar refractivity (Wildman–Crippen MR) is 78.1 cm³/mol. The van der Waals surface area contributed by atoms with E-state index in [-0.39, 0.29) is 6.61 Å². The van der Waals surface area contributed by atoms with Crippen molar-refractivity contribution in [2.45, 2.75) is 6.61 Å². The van der Waals surface area contributed by atoms with Gasteiger partial charge < -0.3 is 4.74 Å². The highest BCUT2D eigenvalue weighted by atomic mass is 79.9. The molecule has 6 heteroatoms. The first-order chi connectivity index (χ1) is 9.83. The van der Waals surface area contributed by atoms with E-state index in [1.54, 1.807) is 0 Å². The molecule has 0 unspecified atom stereocenters. The number of hydrogen-bond acceptors (Lipinski definition) is 4. The lowest BCUT2D eigenvalue weighted by molar-refractivity contribution is 0.294. The maximum Gasteiger partial charge on any atom is 0.211 e. The molecule has 0 aliphatic heterocycles. The van der Waals surface area contributed by atoms with E-state index in [1.165, 1.54) is 0 Å². The molecule has 20 heavy (non-hydrogen) atoms. The Kier molecular flexibility index (Phi) is 3.73. The molecule has 3 aromatic rings. The van der Waals surface area contributed by atoms with Crippen molar-refractivity contribution in [2.75, 3.05) is 0 Å². The molecule has 0 radical (unpaired) electrons. The highest BCUT2D eigenvalue weighted by Gasteiger charge is 2.06. The molecule has 0 saturated heterocycles. The summed E-state index contributed by atoms with van der Waals surface area (Å²) < 4.78 is 6.53. The van der Waals surface area contributed by atoms with Crippen molar-refractivity contribution in [2.24, 2.45) is 0 Å². The van der Waals surface area contributed by atoms with E-state index in [0.717, 1.165) is 21.3 Å². The van der Waals surface area contributed by atoms with E-state index in [9.17, 15) is 0 Å². The molecular weight excluding hydrogens is 320 g/mol. The third kappa shape index (κ3) is 2.85. The summed E-state index contributed by atoms with van der Waals surface area (Å²) in [5, 5.41) is 13.5. The van der Waals surface area contributed by atoms with Gasteiger partial charge >= 0.3 is 0 Å². The highest BCUT2D eigenvalue weighted by molar-refractivity contribution is 9.10. The fourth-order valence-electron chi connectivity index (χ4n) is 1.81. The quantitative estimate of drug-likeness (QED) is 0.797. The van der Waals surface area contributed by atoms with E-state index in [2.05, 4.69) is 48.7 Å². The molecule has 0 atom stereocenters. The lowest BCUT2D eigenvalue weighted by Crippen LogP contribution is -1.98. The Morgan fingerprint density at radius 2 is 1.90 bits per heavy atom. The molecule has 0 saturated carbocycles. The van der Waals surface area contributed by atoms with Gasteiger partial charge in [0.2, 0.25) is 5.82 Å². The van der Waals surface area contributed by atoms with E-state index in [1.807, 2.05) is 36.4 Å². The van der Waals surface area contributed by atoms with Gasteiger partial charge in [-0.15, -0.1) is 10.2 Å². The largest absolute Gasteiger partial charge is 0.484 e. The van der Waals surface area contributed by atoms with Crippen LogP contribution in [0.2, 0.25) is 0 Å². The Morgan fingerprint density at radius 1 is 1.05 bits per heavy atom. The van der Waals surface area contributed by atoms with Crippen LogP contribution in [0.4, 0.5) is 0 Å². The van der Waals surface area contributed by atoms with Gasteiger partial charge in [-0.25, -0.2) is 0 Å². The zero-order valence-electron chi connectivity index (χ0n) is 10.5. The lowest BCUT2D eigenvalue weighted by atomic mass is 10.1. The predicted octanol–water partition coefficient (Wildman–Crippen LogP) is 3.21. The van der Waals surface area contributed by atoms with E-state index in [0.29, 0.717) is 5.82 Å². The van der Waals surface area contributed by atoms with Crippen LogP contribution < -0.4 is 4.74 Å². The number of benzene rings is 2. The minimum atomic E-state index is 0.278. The first-order valence-corrected chi connectivity index (χ1v) is 6.82. The molecule has 1 aromatic heterocycles. The normalized spacial score (nSPS) is 10.4. The summed E-state index contributed by atoms with van der Waals surface area (Å²) in [4.78, 5) is 0. The second-order valence-corrected chi connectivity index (χ2v) is 4.98. The standard InChI is InChI=1S/C14H11BrN4O/c15-12-8-11(10-4-2-1-3-5-10)6-7-13(12)20-9-14-16-18-19-17-14/h1-8H,9H2,(H,16,17,18,19). The maximum absolute atomic E-state index is 5.64. The van der Waals surface area contributed by atoms with Crippen LogP contribution in [0.25, 0.3) is 11.1 Å². The van der Waals surface area contributed by atoms with Crippen LogP contribution in [-0.2, 0) is 6.61 Å². The van der Waals surface area contributed by atoms with Crippen molar-refractivity contribution < 1.29 is 4.74 Å². The molecule has 0 spiro atoms. The molecule has 1 heterocycles. The van der Waals surface area contributed by atoms with Crippen molar-refractivity contribution in [3.8, 4) is 16.9 Å². The summed E-state index contributed by atoms with van der Waals surface area (Å²) in [5.41, 5.74) is 2.29. The zero-order chi connectivity index (χ0) is 13.8. The number of hydrogen-bond donors (Lipinski definition) is 1. The van der Waals surface area contributed by atoms with Crippen molar-refractivity contribution in [1.29, 1.82) is 0 Å². The Balaban J connectivity index is 1.77. The van der Waals surface area contributed by atoms with Gasteiger partial charge in [-0.1, -0.05) is 41.6 Å². The lowest BCUT2D eigenvalue weighted by Gasteiger charge is -2.08.